The minimum absolute atomic E-state index is 0.0706. The van der Waals surface area contributed by atoms with Crippen LogP contribution in [0.5, 0.6) is 0 Å². The molecular weight excluding hydrogens is 226 g/mol. The van der Waals surface area contributed by atoms with E-state index in [1.54, 1.807) is 0 Å². The molecule has 3 rings (SSSR count). The molecule has 4 heteroatoms. The van der Waals surface area contributed by atoms with Gasteiger partial charge in [0.2, 0.25) is 0 Å². The van der Waals surface area contributed by atoms with Gasteiger partial charge in [-0.3, -0.25) is 9.58 Å². The van der Waals surface area contributed by atoms with Crippen LogP contribution in [-0.4, -0.2) is 45.0 Å². The summed E-state index contributed by atoms with van der Waals surface area (Å²) in [5.41, 5.74) is 1.09. The van der Waals surface area contributed by atoms with Gasteiger partial charge >= 0.3 is 0 Å². The van der Waals surface area contributed by atoms with Crippen molar-refractivity contribution in [2.24, 2.45) is 5.92 Å². The third kappa shape index (κ3) is 2.75. The van der Waals surface area contributed by atoms with Crippen LogP contribution < -0.4 is 0 Å². The van der Waals surface area contributed by atoms with Crippen molar-refractivity contribution < 1.29 is 5.11 Å². The molecule has 2 aliphatic rings. The van der Waals surface area contributed by atoms with Crippen LogP contribution in [0.4, 0.5) is 0 Å². The summed E-state index contributed by atoms with van der Waals surface area (Å²) >= 11 is 0. The van der Waals surface area contributed by atoms with Crippen molar-refractivity contribution >= 4 is 0 Å². The predicted molar refractivity (Wildman–Crippen MR) is 70.3 cm³/mol. The number of hydrogen-bond acceptors (Lipinski definition) is 3. The molecule has 0 radical (unpaired) electrons. The van der Waals surface area contributed by atoms with E-state index < -0.39 is 0 Å². The molecule has 1 saturated heterocycles. The lowest BCUT2D eigenvalue weighted by Gasteiger charge is -2.38. The molecule has 1 aromatic rings. The maximum atomic E-state index is 9.82. The molecule has 2 atom stereocenters. The molecule has 1 aromatic heterocycles. The van der Waals surface area contributed by atoms with Crippen LogP contribution in [-0.2, 0) is 6.54 Å². The third-order valence-electron chi connectivity index (χ3n) is 4.29. The fraction of sp³-hybridized carbons (Fsp3) is 0.786. The van der Waals surface area contributed by atoms with E-state index in [-0.39, 0.29) is 6.10 Å². The van der Waals surface area contributed by atoms with Gasteiger partial charge in [-0.25, -0.2) is 0 Å². The van der Waals surface area contributed by atoms with E-state index in [0.29, 0.717) is 6.04 Å². The molecule has 0 spiro atoms. The summed E-state index contributed by atoms with van der Waals surface area (Å²) in [7, 11) is 0. The molecule has 0 amide bonds. The largest absolute Gasteiger partial charge is 0.393 e. The molecule has 18 heavy (non-hydrogen) atoms. The number of hydrogen-bond donors (Lipinski definition) is 1. The van der Waals surface area contributed by atoms with E-state index in [1.165, 1.54) is 12.8 Å². The van der Waals surface area contributed by atoms with Crippen LogP contribution in [0, 0.1) is 12.8 Å². The van der Waals surface area contributed by atoms with Crippen LogP contribution in [0.1, 0.15) is 31.4 Å². The van der Waals surface area contributed by atoms with E-state index in [0.717, 1.165) is 44.1 Å². The number of nitrogens with zero attached hydrogens (tertiary/aromatic N) is 3. The van der Waals surface area contributed by atoms with E-state index in [9.17, 15) is 5.11 Å². The number of likely N-dealkylation sites (tertiary alicyclic amines) is 1. The van der Waals surface area contributed by atoms with Gasteiger partial charge in [-0.2, -0.15) is 5.10 Å². The summed E-state index contributed by atoms with van der Waals surface area (Å²) in [5.74, 6) is 0.847. The maximum Gasteiger partial charge on any atom is 0.0593 e. The van der Waals surface area contributed by atoms with Gasteiger partial charge in [0, 0.05) is 25.3 Å². The summed E-state index contributed by atoms with van der Waals surface area (Å²) in [6.45, 7) is 5.10. The first-order valence-electron chi connectivity index (χ1n) is 7.14. The average molecular weight is 249 g/mol. The fourth-order valence-electron chi connectivity index (χ4n) is 3.09. The van der Waals surface area contributed by atoms with Crippen LogP contribution in [0.2, 0.25) is 0 Å². The van der Waals surface area contributed by atoms with Crippen molar-refractivity contribution in [2.75, 3.05) is 13.1 Å². The summed E-state index contributed by atoms with van der Waals surface area (Å²) in [6.07, 6.45) is 6.60. The maximum absolute atomic E-state index is 9.82. The number of aryl methyl sites for hydroxylation is 1. The number of aliphatic hydroxyl groups excluding tert-OH is 1. The van der Waals surface area contributed by atoms with Crippen molar-refractivity contribution in [3.8, 4) is 0 Å². The Labute approximate surface area is 109 Å². The van der Waals surface area contributed by atoms with Crippen molar-refractivity contribution in [1.82, 2.24) is 14.7 Å². The molecular formula is C14H23N3O. The Balaban J connectivity index is 1.56. The summed E-state index contributed by atoms with van der Waals surface area (Å²) in [4.78, 5) is 2.57. The molecule has 100 valence electrons. The fourth-order valence-corrected chi connectivity index (χ4v) is 3.09. The van der Waals surface area contributed by atoms with E-state index in [1.807, 2.05) is 11.6 Å². The Morgan fingerprint density at radius 2 is 2.17 bits per heavy atom. The molecule has 1 N–H and O–H groups in total. The van der Waals surface area contributed by atoms with Crippen molar-refractivity contribution in [3.63, 3.8) is 0 Å². The Hall–Kier alpha value is -0.870. The number of aromatic nitrogens is 2. The van der Waals surface area contributed by atoms with Crippen molar-refractivity contribution in [2.45, 2.75) is 51.3 Å². The van der Waals surface area contributed by atoms with Gasteiger partial charge < -0.3 is 5.11 Å². The summed E-state index contributed by atoms with van der Waals surface area (Å²) in [5, 5.41) is 14.3. The lowest BCUT2D eigenvalue weighted by atomic mass is 9.96. The number of aliphatic hydroxyl groups is 1. The summed E-state index contributed by atoms with van der Waals surface area (Å²) < 4.78 is 2.03. The Morgan fingerprint density at radius 3 is 2.83 bits per heavy atom. The molecule has 1 aliphatic heterocycles. The lowest BCUT2D eigenvalue weighted by molar-refractivity contribution is 0.0305. The van der Waals surface area contributed by atoms with Gasteiger partial charge in [-0.1, -0.05) is 0 Å². The van der Waals surface area contributed by atoms with Gasteiger partial charge in [-0.05, 0) is 44.6 Å². The van der Waals surface area contributed by atoms with Gasteiger partial charge in [0.1, 0.15) is 0 Å². The van der Waals surface area contributed by atoms with E-state index >= 15 is 0 Å². The van der Waals surface area contributed by atoms with Crippen LogP contribution in [0.25, 0.3) is 0 Å². The van der Waals surface area contributed by atoms with Gasteiger partial charge in [0.25, 0.3) is 0 Å². The predicted octanol–water partition coefficient (Wildman–Crippen LogP) is 1.43. The highest BCUT2D eigenvalue weighted by molar-refractivity contribution is 4.95. The number of rotatable bonds is 4. The first kappa shape index (κ1) is 12.2. The Morgan fingerprint density at radius 1 is 1.33 bits per heavy atom. The van der Waals surface area contributed by atoms with E-state index in [2.05, 4.69) is 22.3 Å². The third-order valence-corrected chi connectivity index (χ3v) is 4.29. The zero-order valence-corrected chi connectivity index (χ0v) is 11.1. The molecule has 1 aliphatic carbocycles. The summed E-state index contributed by atoms with van der Waals surface area (Å²) in [6, 6.07) is 2.67. The monoisotopic (exact) mass is 249 g/mol. The topological polar surface area (TPSA) is 41.3 Å². The SMILES string of the molecule is Cc1ccn(CCN2CC[C@@H](O)C[C@@H]2C2CC2)n1. The minimum Gasteiger partial charge on any atom is -0.393 e. The second kappa shape index (κ2) is 5.02. The second-order valence-corrected chi connectivity index (χ2v) is 5.84. The Kier molecular flexibility index (Phi) is 3.39. The average Bonchev–Trinajstić information content (AvgIpc) is 3.11. The highest BCUT2D eigenvalue weighted by Crippen LogP contribution is 2.39. The van der Waals surface area contributed by atoms with Gasteiger partial charge in [0.05, 0.1) is 18.3 Å². The van der Waals surface area contributed by atoms with Crippen molar-refractivity contribution in [3.05, 3.63) is 18.0 Å². The zero-order chi connectivity index (χ0) is 12.5. The first-order valence-corrected chi connectivity index (χ1v) is 7.14. The first-order chi connectivity index (χ1) is 8.72. The lowest BCUT2D eigenvalue weighted by Crippen LogP contribution is -2.46. The van der Waals surface area contributed by atoms with E-state index in [4.69, 9.17) is 0 Å². The van der Waals surface area contributed by atoms with Crippen LogP contribution >= 0.6 is 0 Å². The highest BCUT2D eigenvalue weighted by Gasteiger charge is 2.38. The van der Waals surface area contributed by atoms with Crippen LogP contribution in [0.15, 0.2) is 12.3 Å². The zero-order valence-electron chi connectivity index (χ0n) is 11.1. The molecule has 0 aromatic carbocycles. The highest BCUT2D eigenvalue weighted by atomic mass is 16.3. The number of piperidine rings is 1. The molecule has 4 nitrogen and oxygen atoms in total. The minimum atomic E-state index is -0.0706. The Bertz CT molecular complexity index is 399. The smallest absolute Gasteiger partial charge is 0.0593 e. The normalized spacial score (nSPS) is 29.7. The van der Waals surface area contributed by atoms with Crippen molar-refractivity contribution in [1.29, 1.82) is 0 Å². The van der Waals surface area contributed by atoms with Gasteiger partial charge in [-0.15, -0.1) is 0 Å². The molecule has 0 unspecified atom stereocenters. The standard InChI is InChI=1S/C14H23N3O/c1-11-4-7-17(15-11)9-8-16-6-5-13(18)10-14(16)12-2-3-12/h4,7,12-14,18H,2-3,5-6,8-10H2,1H3/t13-,14-/m1/s1. The molecule has 2 fully saturated rings. The molecule has 1 saturated carbocycles. The van der Waals surface area contributed by atoms with Gasteiger partial charge in [0.15, 0.2) is 0 Å². The second-order valence-electron chi connectivity index (χ2n) is 5.84. The molecule has 2 heterocycles. The van der Waals surface area contributed by atoms with Crippen LogP contribution in [0.3, 0.4) is 0 Å². The quantitative estimate of drug-likeness (QED) is 0.877. The molecule has 0 bridgehead atoms.